The third-order valence-corrected chi connectivity index (χ3v) is 7.91. The van der Waals surface area contributed by atoms with Gasteiger partial charge in [0.15, 0.2) is 5.76 Å². The molecule has 4 aromatic rings. The Morgan fingerprint density at radius 2 is 1.63 bits per heavy atom. The molecule has 7 nitrogen and oxygen atoms in total. The summed E-state index contributed by atoms with van der Waals surface area (Å²) in [7, 11) is -3.60. The Kier molecular flexibility index (Phi) is 6.48. The summed E-state index contributed by atoms with van der Waals surface area (Å²) < 4.78 is 33.6. The molecular weight excluding hydrogens is 462 g/mol. The number of sulfonamides is 1. The van der Waals surface area contributed by atoms with Crippen molar-refractivity contribution in [3.05, 3.63) is 90.6 Å². The second-order valence-electron chi connectivity index (χ2n) is 8.39. The van der Waals surface area contributed by atoms with Crippen LogP contribution in [0, 0.1) is 0 Å². The molecule has 0 aliphatic carbocycles. The number of hydrogen-bond donors (Lipinski definition) is 1. The Morgan fingerprint density at radius 1 is 0.886 bits per heavy atom. The first-order valence-electron chi connectivity index (χ1n) is 11.5. The molecule has 1 aliphatic heterocycles. The highest BCUT2D eigenvalue weighted by Crippen LogP contribution is 2.29. The lowest BCUT2D eigenvalue weighted by atomic mass is 10.1. The van der Waals surface area contributed by atoms with Crippen molar-refractivity contribution in [3.8, 4) is 22.8 Å². The van der Waals surface area contributed by atoms with Crippen molar-refractivity contribution in [1.29, 1.82) is 0 Å². The van der Waals surface area contributed by atoms with E-state index in [1.54, 1.807) is 42.6 Å². The summed E-state index contributed by atoms with van der Waals surface area (Å²) >= 11 is 0. The number of carbonyl (C=O) groups excluding carboxylic acids is 1. The molecule has 1 fully saturated rings. The number of carbonyl (C=O) groups is 1. The smallest absolute Gasteiger partial charge is 0.256 e. The molecule has 35 heavy (non-hydrogen) atoms. The first-order valence-corrected chi connectivity index (χ1v) is 13.0. The van der Waals surface area contributed by atoms with Gasteiger partial charge in [-0.15, -0.1) is 0 Å². The second kappa shape index (κ2) is 9.85. The van der Waals surface area contributed by atoms with E-state index in [9.17, 15) is 13.2 Å². The first-order chi connectivity index (χ1) is 17.0. The van der Waals surface area contributed by atoms with Gasteiger partial charge >= 0.3 is 0 Å². The van der Waals surface area contributed by atoms with Gasteiger partial charge in [0.1, 0.15) is 0 Å². The maximum Gasteiger partial charge on any atom is 0.256 e. The number of amides is 1. The van der Waals surface area contributed by atoms with Crippen molar-refractivity contribution in [2.45, 2.75) is 24.2 Å². The predicted molar refractivity (Wildman–Crippen MR) is 134 cm³/mol. The van der Waals surface area contributed by atoms with E-state index in [-0.39, 0.29) is 10.8 Å². The minimum atomic E-state index is -3.60. The van der Waals surface area contributed by atoms with E-state index < -0.39 is 10.0 Å². The predicted octanol–water partition coefficient (Wildman–Crippen LogP) is 5.44. The highest BCUT2D eigenvalue weighted by atomic mass is 32.2. The number of aromatic nitrogens is 1. The van der Waals surface area contributed by atoms with Gasteiger partial charge in [-0.05, 0) is 43.2 Å². The molecule has 0 radical (unpaired) electrons. The number of nitrogens with one attached hydrogen (secondary N) is 1. The number of nitrogens with zero attached hydrogens (tertiary/aromatic N) is 2. The molecule has 0 atom stereocenters. The molecule has 1 aromatic heterocycles. The molecule has 0 spiro atoms. The normalized spacial score (nSPS) is 14.5. The van der Waals surface area contributed by atoms with Gasteiger partial charge in [-0.1, -0.05) is 55.0 Å². The van der Waals surface area contributed by atoms with Crippen molar-refractivity contribution in [2.24, 2.45) is 0 Å². The molecule has 0 saturated carbocycles. The summed E-state index contributed by atoms with van der Waals surface area (Å²) in [4.78, 5) is 17.8. The largest absolute Gasteiger partial charge is 0.436 e. The number of rotatable bonds is 6. The van der Waals surface area contributed by atoms with Crippen LogP contribution in [-0.2, 0) is 10.0 Å². The summed E-state index contributed by atoms with van der Waals surface area (Å²) in [6.07, 6.45) is 4.39. The standard InChI is InChI=1S/C27H25N3O4S/c31-26(29-21-12-9-13-22(18-21)35(32,33)30-16-7-2-8-17-30)23-14-5-6-15-24(23)27-28-19-25(34-27)20-10-3-1-4-11-20/h1,3-6,9-15,18-19H,2,7-8,16-17H2,(H,29,31). The molecule has 1 N–H and O–H groups in total. The fraction of sp³-hybridized carbons (Fsp3) is 0.185. The lowest BCUT2D eigenvalue weighted by Crippen LogP contribution is -2.35. The number of piperidine rings is 1. The SMILES string of the molecule is O=C(Nc1cccc(S(=O)(=O)N2CCCCC2)c1)c1ccccc1-c1ncc(-c2ccccc2)o1. The quantitative estimate of drug-likeness (QED) is 0.391. The minimum absolute atomic E-state index is 0.172. The van der Waals surface area contributed by atoms with Crippen LogP contribution >= 0.6 is 0 Å². The Hall–Kier alpha value is -3.75. The van der Waals surface area contributed by atoms with Gasteiger partial charge < -0.3 is 9.73 Å². The minimum Gasteiger partial charge on any atom is -0.436 e. The molecule has 1 saturated heterocycles. The van der Waals surface area contributed by atoms with Crippen LogP contribution in [0.1, 0.15) is 29.6 Å². The van der Waals surface area contributed by atoms with Crippen molar-refractivity contribution in [3.63, 3.8) is 0 Å². The molecule has 0 bridgehead atoms. The van der Waals surface area contributed by atoms with Crippen LogP contribution < -0.4 is 5.32 Å². The van der Waals surface area contributed by atoms with Gasteiger partial charge in [-0.3, -0.25) is 4.79 Å². The number of oxazole rings is 1. The molecule has 8 heteroatoms. The Balaban J connectivity index is 1.39. The van der Waals surface area contributed by atoms with Gasteiger partial charge in [-0.2, -0.15) is 4.31 Å². The van der Waals surface area contributed by atoms with E-state index in [1.165, 1.54) is 10.4 Å². The monoisotopic (exact) mass is 487 g/mol. The average Bonchev–Trinajstić information content (AvgIpc) is 3.40. The van der Waals surface area contributed by atoms with Crippen molar-refractivity contribution in [1.82, 2.24) is 9.29 Å². The highest BCUT2D eigenvalue weighted by molar-refractivity contribution is 7.89. The average molecular weight is 488 g/mol. The molecule has 5 rings (SSSR count). The number of anilines is 1. The van der Waals surface area contributed by atoms with Crippen LogP contribution in [-0.4, -0.2) is 36.7 Å². The third-order valence-electron chi connectivity index (χ3n) is 6.01. The van der Waals surface area contributed by atoms with E-state index in [2.05, 4.69) is 10.3 Å². The lowest BCUT2D eigenvalue weighted by molar-refractivity contribution is 0.102. The highest BCUT2D eigenvalue weighted by Gasteiger charge is 2.26. The molecule has 1 amide bonds. The lowest BCUT2D eigenvalue weighted by Gasteiger charge is -2.26. The van der Waals surface area contributed by atoms with Crippen molar-refractivity contribution < 1.29 is 17.6 Å². The van der Waals surface area contributed by atoms with E-state index in [4.69, 9.17) is 4.42 Å². The Labute approximate surface area is 204 Å². The van der Waals surface area contributed by atoms with Crippen LogP contribution in [0.3, 0.4) is 0 Å². The molecule has 1 aliphatic rings. The Bertz CT molecular complexity index is 1440. The summed E-state index contributed by atoms with van der Waals surface area (Å²) in [5.41, 5.74) is 2.21. The third kappa shape index (κ3) is 4.89. The van der Waals surface area contributed by atoms with Crippen LogP contribution in [0.15, 0.2) is 94.4 Å². The molecule has 178 valence electrons. The zero-order valence-corrected chi connectivity index (χ0v) is 19.9. The van der Waals surface area contributed by atoms with Crippen LogP contribution in [0.25, 0.3) is 22.8 Å². The second-order valence-corrected chi connectivity index (χ2v) is 10.3. The van der Waals surface area contributed by atoms with Crippen molar-refractivity contribution >= 4 is 21.6 Å². The molecule has 3 aromatic carbocycles. The van der Waals surface area contributed by atoms with Crippen LogP contribution in [0.5, 0.6) is 0 Å². The summed E-state index contributed by atoms with van der Waals surface area (Å²) in [6.45, 7) is 1.04. The fourth-order valence-corrected chi connectivity index (χ4v) is 5.75. The van der Waals surface area contributed by atoms with Gasteiger partial charge in [0, 0.05) is 29.9 Å². The Morgan fingerprint density at radius 3 is 2.43 bits per heavy atom. The molecule has 0 unspecified atom stereocenters. The van der Waals surface area contributed by atoms with Gasteiger partial charge in [0.05, 0.1) is 16.7 Å². The van der Waals surface area contributed by atoms with Gasteiger partial charge in [-0.25, -0.2) is 13.4 Å². The number of hydrogen-bond acceptors (Lipinski definition) is 5. The zero-order valence-electron chi connectivity index (χ0n) is 19.1. The summed E-state index contributed by atoms with van der Waals surface area (Å²) in [5.74, 6) is 0.551. The van der Waals surface area contributed by atoms with E-state index in [1.807, 2.05) is 36.4 Å². The first kappa shape index (κ1) is 23.0. The van der Waals surface area contributed by atoms with Crippen LogP contribution in [0.2, 0.25) is 0 Å². The van der Waals surface area contributed by atoms with Gasteiger partial charge in [0.2, 0.25) is 15.9 Å². The molecule has 2 heterocycles. The zero-order chi connectivity index (χ0) is 24.3. The summed E-state index contributed by atoms with van der Waals surface area (Å²) in [6, 6.07) is 23.0. The van der Waals surface area contributed by atoms with E-state index in [0.717, 1.165) is 24.8 Å². The number of benzene rings is 3. The van der Waals surface area contributed by atoms with E-state index in [0.29, 0.717) is 41.6 Å². The maximum absolute atomic E-state index is 13.2. The fourth-order valence-electron chi connectivity index (χ4n) is 4.19. The van der Waals surface area contributed by atoms with Crippen molar-refractivity contribution in [2.75, 3.05) is 18.4 Å². The maximum atomic E-state index is 13.2. The van der Waals surface area contributed by atoms with Crippen LogP contribution in [0.4, 0.5) is 5.69 Å². The summed E-state index contributed by atoms with van der Waals surface area (Å²) in [5, 5.41) is 2.83. The van der Waals surface area contributed by atoms with Gasteiger partial charge in [0.25, 0.3) is 5.91 Å². The van der Waals surface area contributed by atoms with E-state index >= 15 is 0 Å². The molecular formula is C27H25N3O4S. The topological polar surface area (TPSA) is 92.5 Å².